The fraction of sp³-hybridized carbons (Fsp3) is 0.214. The van der Waals surface area contributed by atoms with E-state index in [1.54, 1.807) is 29.3 Å². The third kappa shape index (κ3) is 5.61. The number of amidine groups is 1. The monoisotopic (exact) mass is 518 g/mol. The van der Waals surface area contributed by atoms with Crippen LogP contribution in [0.3, 0.4) is 0 Å². The molecule has 0 aliphatic carbocycles. The second kappa shape index (κ2) is 10.3. The molecule has 2 aliphatic rings. The van der Waals surface area contributed by atoms with E-state index in [0.29, 0.717) is 23.0 Å². The molecule has 9 heteroatoms. The molecule has 0 spiro atoms. The van der Waals surface area contributed by atoms with Gasteiger partial charge in [0.25, 0.3) is 5.91 Å². The highest BCUT2D eigenvalue weighted by molar-refractivity contribution is 8.15. The number of anilines is 1. The van der Waals surface area contributed by atoms with Crippen LogP contribution in [-0.4, -0.2) is 33.0 Å². The highest BCUT2D eigenvalue weighted by Gasteiger charge is 2.39. The Bertz CT molecular complexity index is 1400. The van der Waals surface area contributed by atoms with Crippen LogP contribution in [0.15, 0.2) is 76.8 Å². The summed E-state index contributed by atoms with van der Waals surface area (Å²) in [5, 5.41) is 8.92. The average Bonchev–Trinajstić information content (AvgIpc) is 3.43. The topological polar surface area (TPSA) is 74.1 Å². The van der Waals surface area contributed by atoms with Crippen molar-refractivity contribution in [2.45, 2.75) is 38.0 Å². The summed E-state index contributed by atoms with van der Waals surface area (Å²) >= 11 is 1.19. The van der Waals surface area contributed by atoms with Gasteiger partial charge in [-0.2, -0.15) is 10.1 Å². The zero-order valence-corrected chi connectivity index (χ0v) is 21.1. The minimum absolute atomic E-state index is 0.0346. The Kier molecular flexibility index (Phi) is 6.88. The largest absolute Gasteiger partial charge is 0.326 e. The Morgan fingerprint density at radius 1 is 1.00 bits per heavy atom. The zero-order chi connectivity index (χ0) is 26.1. The molecule has 1 N–H and O–H groups in total. The number of benzene rings is 3. The third-order valence-electron chi connectivity index (χ3n) is 6.14. The summed E-state index contributed by atoms with van der Waals surface area (Å²) in [5.41, 5.74) is 4.99. The van der Waals surface area contributed by atoms with Gasteiger partial charge in [0.2, 0.25) is 5.91 Å². The Labute approximate surface area is 217 Å². The lowest BCUT2D eigenvalue weighted by Crippen LogP contribution is -2.25. The number of hydrogen-bond acceptors (Lipinski definition) is 5. The average molecular weight is 519 g/mol. The standard InChI is InChI=1S/C28H24F2N4O2S/c1-16-11-17(2)13-22(12-16)31-26(35)15-25-27(36)32-28(37-25)34-24(19-5-9-21(30)10-6-19)14-23(33-34)18-3-7-20(29)8-4-18/h3-13,24-25H,14-15H2,1-2H3,(H,31,35)/t24-,25-/m0/s1. The normalized spacial score (nSPS) is 19.1. The minimum Gasteiger partial charge on any atom is -0.326 e. The maximum Gasteiger partial charge on any atom is 0.262 e. The Morgan fingerprint density at radius 2 is 1.62 bits per heavy atom. The molecule has 0 radical (unpaired) electrons. The number of rotatable bonds is 5. The molecule has 5 rings (SSSR count). The molecule has 188 valence electrons. The van der Waals surface area contributed by atoms with Crippen LogP contribution in [0, 0.1) is 25.5 Å². The molecule has 0 saturated carbocycles. The molecule has 6 nitrogen and oxygen atoms in total. The van der Waals surface area contributed by atoms with Crippen LogP contribution in [-0.2, 0) is 9.59 Å². The molecule has 3 aromatic carbocycles. The number of nitrogens with zero attached hydrogens (tertiary/aromatic N) is 3. The molecule has 0 fully saturated rings. The van der Waals surface area contributed by atoms with E-state index in [9.17, 15) is 18.4 Å². The van der Waals surface area contributed by atoms with Gasteiger partial charge in [-0.05, 0) is 72.5 Å². The van der Waals surface area contributed by atoms with E-state index in [-0.39, 0.29) is 30.0 Å². The molecule has 0 unspecified atom stereocenters. The van der Waals surface area contributed by atoms with Crippen molar-refractivity contribution in [3.63, 3.8) is 0 Å². The summed E-state index contributed by atoms with van der Waals surface area (Å²) in [5.74, 6) is -1.39. The van der Waals surface area contributed by atoms with Crippen molar-refractivity contribution in [2.24, 2.45) is 10.1 Å². The van der Waals surface area contributed by atoms with Gasteiger partial charge >= 0.3 is 0 Å². The molecule has 3 aromatic rings. The van der Waals surface area contributed by atoms with Crippen molar-refractivity contribution in [1.29, 1.82) is 0 Å². The molecule has 2 amide bonds. The van der Waals surface area contributed by atoms with E-state index in [1.807, 2.05) is 32.0 Å². The van der Waals surface area contributed by atoms with Gasteiger partial charge in [0, 0.05) is 18.5 Å². The van der Waals surface area contributed by atoms with Crippen LogP contribution in [0.4, 0.5) is 14.5 Å². The van der Waals surface area contributed by atoms with E-state index in [2.05, 4.69) is 10.3 Å². The van der Waals surface area contributed by atoms with E-state index < -0.39 is 11.2 Å². The summed E-state index contributed by atoms with van der Waals surface area (Å²) < 4.78 is 27.1. The van der Waals surface area contributed by atoms with Crippen LogP contribution in [0.2, 0.25) is 0 Å². The maximum absolute atomic E-state index is 13.6. The SMILES string of the molecule is Cc1cc(C)cc(NC(=O)C[C@@H]2SC(N3N=C(c4ccc(F)cc4)C[C@H]3c3ccc(F)cc3)=NC2=O)c1. The fourth-order valence-corrected chi connectivity index (χ4v) is 5.54. The number of nitrogens with one attached hydrogen (secondary N) is 1. The van der Waals surface area contributed by atoms with Crippen molar-refractivity contribution < 1.29 is 18.4 Å². The van der Waals surface area contributed by atoms with Crippen molar-refractivity contribution in [3.05, 3.63) is 101 Å². The number of amides is 2. The number of hydrazone groups is 1. The summed E-state index contributed by atoms with van der Waals surface area (Å²) in [6.45, 7) is 3.90. The van der Waals surface area contributed by atoms with Gasteiger partial charge in [0.15, 0.2) is 5.17 Å². The predicted octanol–water partition coefficient (Wildman–Crippen LogP) is 5.76. The molecule has 2 heterocycles. The second-order valence-electron chi connectivity index (χ2n) is 9.14. The Hall–Kier alpha value is -3.85. The van der Waals surface area contributed by atoms with Crippen LogP contribution >= 0.6 is 11.8 Å². The first-order valence-electron chi connectivity index (χ1n) is 11.8. The van der Waals surface area contributed by atoms with Crippen molar-refractivity contribution in [3.8, 4) is 0 Å². The summed E-state index contributed by atoms with van der Waals surface area (Å²) in [6, 6.07) is 17.5. The van der Waals surface area contributed by atoms with Crippen LogP contribution in [0.1, 0.15) is 41.1 Å². The fourth-order valence-electron chi connectivity index (χ4n) is 4.48. The summed E-state index contributed by atoms with van der Waals surface area (Å²) in [6.07, 6.45) is 0.427. The van der Waals surface area contributed by atoms with Gasteiger partial charge in [-0.3, -0.25) is 9.59 Å². The number of carbonyl (C=O) groups is 2. The quantitative estimate of drug-likeness (QED) is 0.466. The van der Waals surface area contributed by atoms with E-state index >= 15 is 0 Å². The second-order valence-corrected chi connectivity index (χ2v) is 10.3. The molecule has 0 aromatic heterocycles. The van der Waals surface area contributed by atoms with Gasteiger partial charge in [-0.1, -0.05) is 42.1 Å². The number of carbonyl (C=O) groups excluding carboxylic acids is 2. The first kappa shape index (κ1) is 24.8. The van der Waals surface area contributed by atoms with Gasteiger partial charge in [0.1, 0.15) is 16.9 Å². The lowest BCUT2D eigenvalue weighted by Gasteiger charge is -2.23. The van der Waals surface area contributed by atoms with Crippen molar-refractivity contribution in [2.75, 3.05) is 5.32 Å². The third-order valence-corrected chi connectivity index (χ3v) is 7.29. The lowest BCUT2D eigenvalue weighted by molar-refractivity contribution is -0.121. The first-order chi connectivity index (χ1) is 17.7. The van der Waals surface area contributed by atoms with Crippen LogP contribution < -0.4 is 5.32 Å². The van der Waals surface area contributed by atoms with E-state index in [4.69, 9.17) is 5.10 Å². The number of hydrogen-bond donors (Lipinski definition) is 1. The molecule has 2 atom stereocenters. The summed E-state index contributed by atoms with van der Waals surface area (Å²) in [7, 11) is 0. The van der Waals surface area contributed by atoms with Crippen molar-refractivity contribution in [1.82, 2.24) is 5.01 Å². The number of halogens is 2. The number of thioether (sulfide) groups is 1. The zero-order valence-electron chi connectivity index (χ0n) is 20.2. The van der Waals surface area contributed by atoms with Gasteiger partial charge in [0.05, 0.1) is 11.8 Å². The van der Waals surface area contributed by atoms with E-state index in [1.165, 1.54) is 36.0 Å². The van der Waals surface area contributed by atoms with Crippen LogP contribution in [0.5, 0.6) is 0 Å². The molecule has 0 bridgehead atoms. The molecule has 0 saturated heterocycles. The maximum atomic E-state index is 13.6. The van der Waals surface area contributed by atoms with Gasteiger partial charge in [-0.25, -0.2) is 13.8 Å². The number of aliphatic imine (C=N–C) groups is 1. The minimum atomic E-state index is -0.681. The Morgan fingerprint density at radius 3 is 2.27 bits per heavy atom. The van der Waals surface area contributed by atoms with E-state index in [0.717, 1.165) is 22.3 Å². The Balaban J connectivity index is 1.35. The van der Waals surface area contributed by atoms with Crippen molar-refractivity contribution >= 4 is 40.1 Å². The predicted molar refractivity (Wildman–Crippen MR) is 142 cm³/mol. The molecular weight excluding hydrogens is 494 g/mol. The van der Waals surface area contributed by atoms with Gasteiger partial charge in [-0.15, -0.1) is 0 Å². The van der Waals surface area contributed by atoms with Gasteiger partial charge < -0.3 is 5.32 Å². The lowest BCUT2D eigenvalue weighted by atomic mass is 9.98. The summed E-state index contributed by atoms with van der Waals surface area (Å²) in [4.78, 5) is 29.7. The first-order valence-corrected chi connectivity index (χ1v) is 12.7. The molecular formula is C28H24F2N4O2S. The number of aryl methyl sites for hydroxylation is 2. The molecule has 37 heavy (non-hydrogen) atoms. The highest BCUT2D eigenvalue weighted by Crippen LogP contribution is 2.38. The highest BCUT2D eigenvalue weighted by atomic mass is 32.2. The smallest absolute Gasteiger partial charge is 0.262 e. The van der Waals surface area contributed by atoms with Crippen LogP contribution in [0.25, 0.3) is 0 Å². The molecule has 2 aliphatic heterocycles.